The number of carbonyl (C=O) groups excluding carboxylic acids is 2. The van der Waals surface area contributed by atoms with Crippen LogP contribution in [-0.4, -0.2) is 52.4 Å². The van der Waals surface area contributed by atoms with Crippen LogP contribution in [0.25, 0.3) is 0 Å². The molecule has 15 heavy (non-hydrogen) atoms. The summed E-state index contributed by atoms with van der Waals surface area (Å²) in [7, 11) is 0. The van der Waals surface area contributed by atoms with Crippen LogP contribution in [0.5, 0.6) is 0 Å². The van der Waals surface area contributed by atoms with E-state index in [0.29, 0.717) is 5.25 Å². The zero-order valence-electron chi connectivity index (χ0n) is 8.94. The highest BCUT2D eigenvalue weighted by molar-refractivity contribution is 8.14. The highest BCUT2D eigenvalue weighted by Gasteiger charge is 2.34. The fourth-order valence-electron chi connectivity index (χ4n) is 2.01. The Bertz CT molecular complexity index is 271. The van der Waals surface area contributed by atoms with Crippen LogP contribution in [0.2, 0.25) is 0 Å². The van der Waals surface area contributed by atoms with Crippen molar-refractivity contribution in [2.24, 2.45) is 0 Å². The second kappa shape index (κ2) is 4.43. The molecule has 4 nitrogen and oxygen atoms in total. The number of hydrogen-bond donors (Lipinski definition) is 0. The van der Waals surface area contributed by atoms with Crippen LogP contribution >= 0.6 is 11.8 Å². The fourth-order valence-corrected chi connectivity index (χ4v) is 2.99. The fraction of sp³-hybridized carbons (Fsp3) is 0.800. The Morgan fingerprint density at radius 3 is 2.27 bits per heavy atom. The standard InChI is InChI=1S/C10H16N2O2S/c1-8(13)15-9-6-12(7-9)10(14)11-4-2-3-5-11/h9H,2-7H2,1H3. The number of likely N-dealkylation sites (tertiary alicyclic amines) is 2. The molecule has 0 aromatic carbocycles. The van der Waals surface area contributed by atoms with Crippen molar-refractivity contribution in [3.05, 3.63) is 0 Å². The summed E-state index contributed by atoms with van der Waals surface area (Å²) in [6.07, 6.45) is 2.26. The van der Waals surface area contributed by atoms with Crippen LogP contribution in [-0.2, 0) is 4.79 Å². The predicted octanol–water partition coefficient (Wildman–Crippen LogP) is 1.17. The molecule has 0 unspecified atom stereocenters. The largest absolute Gasteiger partial charge is 0.325 e. The van der Waals surface area contributed by atoms with Gasteiger partial charge in [0.15, 0.2) is 5.12 Å². The molecule has 0 radical (unpaired) electrons. The molecule has 2 heterocycles. The number of thioether (sulfide) groups is 1. The first-order valence-electron chi connectivity index (χ1n) is 5.38. The Balaban J connectivity index is 1.74. The van der Waals surface area contributed by atoms with Crippen molar-refractivity contribution in [1.29, 1.82) is 0 Å². The number of nitrogens with zero attached hydrogens (tertiary/aromatic N) is 2. The number of rotatable bonds is 1. The lowest BCUT2D eigenvalue weighted by molar-refractivity contribution is -0.109. The molecule has 2 fully saturated rings. The maximum Gasteiger partial charge on any atom is 0.320 e. The van der Waals surface area contributed by atoms with Gasteiger partial charge in [-0.1, -0.05) is 11.8 Å². The van der Waals surface area contributed by atoms with E-state index in [1.165, 1.54) is 11.8 Å². The van der Waals surface area contributed by atoms with E-state index in [9.17, 15) is 9.59 Å². The van der Waals surface area contributed by atoms with E-state index in [-0.39, 0.29) is 11.1 Å². The van der Waals surface area contributed by atoms with Crippen molar-refractivity contribution < 1.29 is 9.59 Å². The van der Waals surface area contributed by atoms with Gasteiger partial charge >= 0.3 is 6.03 Å². The average molecular weight is 228 g/mol. The summed E-state index contributed by atoms with van der Waals surface area (Å²) in [5, 5.41) is 0.474. The average Bonchev–Trinajstić information content (AvgIpc) is 2.61. The summed E-state index contributed by atoms with van der Waals surface area (Å²) in [6, 6.07) is 0.160. The van der Waals surface area contributed by atoms with Crippen LogP contribution in [0.3, 0.4) is 0 Å². The molecular formula is C10H16N2O2S. The Morgan fingerprint density at radius 1 is 1.13 bits per heavy atom. The minimum Gasteiger partial charge on any atom is -0.325 e. The molecule has 0 spiro atoms. The number of carbonyl (C=O) groups is 2. The number of hydrogen-bond acceptors (Lipinski definition) is 3. The third-order valence-electron chi connectivity index (χ3n) is 2.83. The van der Waals surface area contributed by atoms with E-state index < -0.39 is 0 Å². The van der Waals surface area contributed by atoms with Crippen molar-refractivity contribution in [1.82, 2.24) is 9.80 Å². The van der Waals surface area contributed by atoms with Crippen molar-refractivity contribution in [3.8, 4) is 0 Å². The molecule has 2 saturated heterocycles. The Morgan fingerprint density at radius 2 is 1.73 bits per heavy atom. The first-order chi connectivity index (χ1) is 7.16. The van der Waals surface area contributed by atoms with E-state index in [1.54, 1.807) is 6.92 Å². The summed E-state index contributed by atoms with van der Waals surface area (Å²) in [6.45, 7) is 4.86. The summed E-state index contributed by atoms with van der Waals surface area (Å²) in [4.78, 5) is 26.4. The third-order valence-corrected chi connectivity index (χ3v) is 3.79. The van der Waals surface area contributed by atoms with Crippen LogP contribution in [0.1, 0.15) is 19.8 Å². The van der Waals surface area contributed by atoms with Gasteiger partial charge in [-0.05, 0) is 12.8 Å². The van der Waals surface area contributed by atoms with E-state index in [2.05, 4.69) is 0 Å². The van der Waals surface area contributed by atoms with Gasteiger partial charge in [-0.2, -0.15) is 0 Å². The van der Waals surface area contributed by atoms with Crippen LogP contribution < -0.4 is 0 Å². The SMILES string of the molecule is CC(=O)SC1CN(C(=O)N2CCCC2)C1. The lowest BCUT2D eigenvalue weighted by atomic mass is 10.2. The molecular weight excluding hydrogens is 212 g/mol. The summed E-state index contributed by atoms with van der Waals surface area (Å²) in [5.74, 6) is 0. The monoisotopic (exact) mass is 228 g/mol. The molecule has 2 aliphatic heterocycles. The lowest BCUT2D eigenvalue weighted by Crippen LogP contribution is -2.56. The van der Waals surface area contributed by atoms with E-state index in [0.717, 1.165) is 39.0 Å². The van der Waals surface area contributed by atoms with Gasteiger partial charge in [-0.25, -0.2) is 4.79 Å². The molecule has 2 rings (SSSR count). The van der Waals surface area contributed by atoms with E-state index in [4.69, 9.17) is 0 Å². The number of urea groups is 1. The van der Waals surface area contributed by atoms with Gasteiger partial charge in [0.1, 0.15) is 0 Å². The second-order valence-corrected chi connectivity index (χ2v) is 5.59. The normalized spacial score (nSPS) is 21.7. The molecule has 0 aromatic heterocycles. The summed E-state index contributed by atoms with van der Waals surface area (Å²) in [5.41, 5.74) is 0. The van der Waals surface area contributed by atoms with Crippen LogP contribution in [0.15, 0.2) is 0 Å². The first-order valence-corrected chi connectivity index (χ1v) is 6.26. The Hall–Kier alpha value is -0.710. The van der Waals surface area contributed by atoms with Gasteiger partial charge in [-0.3, -0.25) is 4.79 Å². The maximum atomic E-state index is 11.8. The first kappa shape index (κ1) is 10.8. The molecule has 0 atom stereocenters. The molecule has 0 bridgehead atoms. The zero-order valence-corrected chi connectivity index (χ0v) is 9.76. The molecule has 5 heteroatoms. The highest BCUT2D eigenvalue weighted by atomic mass is 32.2. The summed E-state index contributed by atoms with van der Waals surface area (Å²) >= 11 is 1.35. The summed E-state index contributed by atoms with van der Waals surface area (Å²) < 4.78 is 0. The van der Waals surface area contributed by atoms with E-state index >= 15 is 0 Å². The quantitative estimate of drug-likeness (QED) is 0.676. The number of amides is 2. The zero-order chi connectivity index (χ0) is 10.8. The van der Waals surface area contributed by atoms with Gasteiger partial charge < -0.3 is 9.80 Å². The molecule has 2 amide bonds. The molecule has 84 valence electrons. The van der Waals surface area contributed by atoms with Gasteiger partial charge in [0.25, 0.3) is 0 Å². The smallest absolute Gasteiger partial charge is 0.320 e. The minimum absolute atomic E-state index is 0.147. The van der Waals surface area contributed by atoms with Crippen molar-refractivity contribution in [2.75, 3.05) is 26.2 Å². The van der Waals surface area contributed by atoms with Gasteiger partial charge in [0.2, 0.25) is 0 Å². The molecule has 2 aliphatic rings. The Kier molecular flexibility index (Phi) is 3.19. The molecule has 0 saturated carbocycles. The second-order valence-electron chi connectivity index (χ2n) is 4.11. The van der Waals surface area contributed by atoms with Gasteiger partial charge in [0.05, 0.1) is 0 Å². The van der Waals surface area contributed by atoms with Crippen molar-refractivity contribution in [2.45, 2.75) is 25.0 Å². The highest BCUT2D eigenvalue weighted by Crippen LogP contribution is 2.24. The maximum absolute atomic E-state index is 11.8. The van der Waals surface area contributed by atoms with Crippen LogP contribution in [0.4, 0.5) is 4.79 Å². The van der Waals surface area contributed by atoms with Crippen molar-refractivity contribution in [3.63, 3.8) is 0 Å². The van der Waals surface area contributed by atoms with Crippen LogP contribution in [0, 0.1) is 0 Å². The molecule has 0 aromatic rings. The predicted molar refractivity (Wildman–Crippen MR) is 59.8 cm³/mol. The van der Waals surface area contributed by atoms with Gasteiger partial charge in [-0.15, -0.1) is 0 Å². The Labute approximate surface area is 94.0 Å². The van der Waals surface area contributed by atoms with E-state index in [1.807, 2.05) is 9.80 Å². The minimum atomic E-state index is 0.147. The third kappa shape index (κ3) is 2.45. The topological polar surface area (TPSA) is 40.6 Å². The molecule has 0 N–H and O–H groups in total. The molecule has 0 aliphatic carbocycles. The lowest BCUT2D eigenvalue weighted by Gasteiger charge is -2.40. The van der Waals surface area contributed by atoms with Gasteiger partial charge in [0, 0.05) is 38.4 Å². The van der Waals surface area contributed by atoms with Crippen molar-refractivity contribution >= 4 is 22.9 Å².